The molecule has 1 aliphatic heterocycles. The summed E-state index contributed by atoms with van der Waals surface area (Å²) in [5.41, 5.74) is -0.0751. The fraction of sp³-hybridized carbons (Fsp3) is 0.423. The highest BCUT2D eigenvalue weighted by molar-refractivity contribution is 6.30. The van der Waals surface area contributed by atoms with E-state index in [1.54, 1.807) is 31.8 Å². The van der Waals surface area contributed by atoms with Crippen molar-refractivity contribution < 1.29 is 24.1 Å². The summed E-state index contributed by atoms with van der Waals surface area (Å²) in [7, 11) is 1.64. The van der Waals surface area contributed by atoms with Crippen LogP contribution in [0.25, 0.3) is 0 Å². The maximum atomic E-state index is 11.2. The van der Waals surface area contributed by atoms with Crippen molar-refractivity contribution in [3.63, 3.8) is 0 Å². The smallest absolute Gasteiger partial charge is 0.161 e. The number of hydrogen-bond donors (Lipinski definition) is 1. The van der Waals surface area contributed by atoms with Crippen molar-refractivity contribution in [1.29, 1.82) is 0 Å². The van der Waals surface area contributed by atoms with Crippen LogP contribution in [0, 0.1) is 0 Å². The second-order valence-corrected chi connectivity index (χ2v) is 9.16. The highest BCUT2D eigenvalue weighted by Crippen LogP contribution is 2.29. The van der Waals surface area contributed by atoms with Crippen LogP contribution in [-0.4, -0.2) is 71.8 Å². The molecule has 35 heavy (non-hydrogen) atoms. The van der Waals surface area contributed by atoms with Gasteiger partial charge in [-0.05, 0) is 42.3 Å². The molecule has 9 heteroatoms. The van der Waals surface area contributed by atoms with E-state index in [0.29, 0.717) is 55.1 Å². The van der Waals surface area contributed by atoms with E-state index < -0.39 is 5.60 Å². The van der Waals surface area contributed by atoms with Gasteiger partial charge in [-0.1, -0.05) is 23.7 Å². The Morgan fingerprint density at radius 3 is 2.89 bits per heavy atom. The lowest BCUT2D eigenvalue weighted by Gasteiger charge is -2.30. The number of aromatic nitrogens is 2. The van der Waals surface area contributed by atoms with Crippen LogP contribution in [0.15, 0.2) is 61.2 Å². The molecule has 0 saturated carbocycles. The molecule has 1 aliphatic rings. The van der Waals surface area contributed by atoms with Gasteiger partial charge in [0.1, 0.15) is 18.0 Å². The van der Waals surface area contributed by atoms with Gasteiger partial charge in [0.15, 0.2) is 11.5 Å². The average molecular weight is 502 g/mol. The average Bonchev–Trinajstić information content (AvgIpc) is 3.30. The predicted molar refractivity (Wildman–Crippen MR) is 133 cm³/mol. The SMILES string of the molecule is COc1cc(CN2CCOC[C@@](O)(COc3cccc(Cl)c3)C2)ccc1OCCCn1ccnc1. The van der Waals surface area contributed by atoms with Gasteiger partial charge < -0.3 is 28.6 Å². The third kappa shape index (κ3) is 7.60. The zero-order chi connectivity index (χ0) is 24.5. The van der Waals surface area contributed by atoms with Gasteiger partial charge in [-0.2, -0.15) is 0 Å². The lowest BCUT2D eigenvalue weighted by atomic mass is 10.1. The van der Waals surface area contributed by atoms with Crippen molar-refractivity contribution in [1.82, 2.24) is 14.5 Å². The molecule has 0 bridgehead atoms. The molecule has 1 saturated heterocycles. The molecule has 0 unspecified atom stereocenters. The van der Waals surface area contributed by atoms with Crippen LogP contribution in [0.3, 0.4) is 0 Å². The Kier molecular flexibility index (Phi) is 8.87. The number of hydrogen-bond acceptors (Lipinski definition) is 7. The highest BCUT2D eigenvalue weighted by Gasteiger charge is 2.33. The number of rotatable bonds is 11. The van der Waals surface area contributed by atoms with Crippen molar-refractivity contribution in [2.24, 2.45) is 0 Å². The molecule has 0 radical (unpaired) electrons. The summed E-state index contributed by atoms with van der Waals surface area (Å²) < 4.78 is 25.1. The van der Waals surface area contributed by atoms with Gasteiger partial charge in [-0.3, -0.25) is 4.90 Å². The van der Waals surface area contributed by atoms with Crippen LogP contribution in [0.5, 0.6) is 17.2 Å². The zero-order valence-electron chi connectivity index (χ0n) is 19.9. The Hall–Kier alpha value is -2.78. The van der Waals surface area contributed by atoms with Gasteiger partial charge in [0.25, 0.3) is 0 Å². The number of aliphatic hydroxyl groups is 1. The fourth-order valence-corrected chi connectivity index (χ4v) is 4.21. The van der Waals surface area contributed by atoms with Crippen LogP contribution in [0.4, 0.5) is 0 Å². The molecule has 1 atom stereocenters. The van der Waals surface area contributed by atoms with Crippen LogP contribution in [0.1, 0.15) is 12.0 Å². The number of imidazole rings is 1. The molecule has 2 heterocycles. The largest absolute Gasteiger partial charge is 0.493 e. The van der Waals surface area contributed by atoms with E-state index in [4.69, 9.17) is 30.5 Å². The summed E-state index contributed by atoms with van der Waals surface area (Å²) in [5, 5.41) is 11.8. The third-order valence-electron chi connectivity index (χ3n) is 5.76. The summed E-state index contributed by atoms with van der Waals surface area (Å²) in [6.07, 6.45) is 6.37. The minimum Gasteiger partial charge on any atom is -0.493 e. The zero-order valence-corrected chi connectivity index (χ0v) is 20.7. The highest BCUT2D eigenvalue weighted by atomic mass is 35.5. The van der Waals surface area contributed by atoms with Crippen LogP contribution < -0.4 is 14.2 Å². The lowest BCUT2D eigenvalue weighted by molar-refractivity contribution is -0.0646. The van der Waals surface area contributed by atoms with E-state index in [-0.39, 0.29) is 13.2 Å². The first-order chi connectivity index (χ1) is 17.0. The molecular formula is C26H32ClN3O5. The van der Waals surface area contributed by atoms with Gasteiger partial charge in [0.05, 0.1) is 33.3 Å². The molecule has 1 aromatic heterocycles. The van der Waals surface area contributed by atoms with Crippen LogP contribution in [-0.2, 0) is 17.8 Å². The number of ether oxygens (including phenoxy) is 4. The first-order valence-corrected chi connectivity index (χ1v) is 12.1. The number of halogens is 1. The molecule has 4 rings (SSSR count). The van der Waals surface area contributed by atoms with Crippen LogP contribution in [0.2, 0.25) is 5.02 Å². The van der Waals surface area contributed by atoms with E-state index in [9.17, 15) is 5.11 Å². The number of methoxy groups -OCH3 is 1. The van der Waals surface area contributed by atoms with Gasteiger partial charge in [0, 0.05) is 43.6 Å². The Balaban J connectivity index is 1.32. The molecule has 3 aromatic rings. The first-order valence-electron chi connectivity index (χ1n) is 11.7. The summed E-state index contributed by atoms with van der Waals surface area (Å²) in [4.78, 5) is 6.21. The molecule has 188 valence electrons. The summed E-state index contributed by atoms with van der Waals surface area (Å²) in [6, 6.07) is 13.1. The quantitative estimate of drug-likeness (QED) is 0.402. The second kappa shape index (κ2) is 12.3. The monoisotopic (exact) mass is 501 g/mol. The van der Waals surface area contributed by atoms with E-state index in [1.165, 1.54) is 0 Å². The minimum atomic E-state index is -1.14. The van der Waals surface area contributed by atoms with Gasteiger partial charge in [-0.15, -0.1) is 0 Å². The summed E-state index contributed by atoms with van der Waals surface area (Å²) >= 11 is 6.04. The standard InChI is InChI=1S/C26H32ClN3O5/c1-32-25-14-21(6-7-24(25)34-12-3-9-29-10-8-28-20-29)16-30-11-13-33-18-26(31,17-30)19-35-23-5-2-4-22(27)15-23/h2,4-8,10,14-15,20,31H,3,9,11-13,16-19H2,1H3/t26-/m1/s1. The van der Waals surface area contributed by atoms with Crippen molar-refractivity contribution >= 4 is 11.6 Å². The Labute approximate surface area is 211 Å². The van der Waals surface area contributed by atoms with E-state index in [0.717, 1.165) is 18.5 Å². The molecule has 1 fully saturated rings. The Morgan fingerprint density at radius 1 is 1.17 bits per heavy atom. The number of nitrogens with zero attached hydrogens (tertiary/aromatic N) is 3. The second-order valence-electron chi connectivity index (χ2n) is 8.72. The number of benzene rings is 2. The molecule has 8 nitrogen and oxygen atoms in total. The lowest BCUT2D eigenvalue weighted by Crippen LogP contribution is -2.48. The maximum absolute atomic E-state index is 11.2. The summed E-state index contributed by atoms with van der Waals surface area (Å²) in [6.45, 7) is 4.04. The number of β-amino-alcohol motifs (C(OH)–C–C–N with tert-alkyl or cyclic N) is 1. The van der Waals surface area contributed by atoms with E-state index in [2.05, 4.69) is 9.88 Å². The normalized spacial score (nSPS) is 18.7. The predicted octanol–water partition coefficient (Wildman–Crippen LogP) is 3.66. The first kappa shape index (κ1) is 25.3. The van der Waals surface area contributed by atoms with Crippen molar-refractivity contribution in [3.8, 4) is 17.2 Å². The molecule has 0 spiro atoms. The molecule has 0 amide bonds. The van der Waals surface area contributed by atoms with Gasteiger partial charge in [-0.25, -0.2) is 4.98 Å². The third-order valence-corrected chi connectivity index (χ3v) is 5.99. The molecule has 0 aliphatic carbocycles. The topological polar surface area (TPSA) is 78.2 Å². The molecular weight excluding hydrogens is 470 g/mol. The molecule has 2 aromatic carbocycles. The maximum Gasteiger partial charge on any atom is 0.161 e. The van der Waals surface area contributed by atoms with Crippen molar-refractivity contribution in [3.05, 3.63) is 71.8 Å². The molecule has 1 N–H and O–H groups in total. The van der Waals surface area contributed by atoms with Crippen molar-refractivity contribution in [2.75, 3.05) is 46.6 Å². The number of aryl methyl sites for hydroxylation is 1. The van der Waals surface area contributed by atoms with Crippen molar-refractivity contribution in [2.45, 2.75) is 25.1 Å². The van der Waals surface area contributed by atoms with Gasteiger partial charge >= 0.3 is 0 Å². The van der Waals surface area contributed by atoms with E-state index in [1.807, 2.05) is 41.1 Å². The summed E-state index contributed by atoms with van der Waals surface area (Å²) in [5.74, 6) is 2.02. The van der Waals surface area contributed by atoms with Crippen LogP contribution >= 0.6 is 11.6 Å². The van der Waals surface area contributed by atoms with Gasteiger partial charge in [0.2, 0.25) is 0 Å². The Bertz CT molecular complexity index is 1060. The fourth-order valence-electron chi connectivity index (χ4n) is 4.03. The van der Waals surface area contributed by atoms with E-state index >= 15 is 0 Å². The Morgan fingerprint density at radius 2 is 2.09 bits per heavy atom. The minimum absolute atomic E-state index is 0.110.